The molecule has 9 heteroatoms. The Kier molecular flexibility index (Phi) is 2.82. The first-order valence-electron chi connectivity index (χ1n) is 6.83. The topological polar surface area (TPSA) is 114 Å². The summed E-state index contributed by atoms with van der Waals surface area (Å²) >= 11 is 0. The third-order valence-corrected chi connectivity index (χ3v) is 3.59. The maximum Gasteiger partial charge on any atom is 0.364 e. The molecular weight excluding hydrogens is 316 g/mol. The van der Waals surface area contributed by atoms with Crippen molar-refractivity contribution >= 4 is 23.4 Å². The van der Waals surface area contributed by atoms with Crippen LogP contribution in [0.5, 0.6) is 0 Å². The van der Waals surface area contributed by atoms with Crippen LogP contribution in [0.4, 0.5) is 0 Å². The Bertz CT molecular complexity index is 1050. The molecule has 0 saturated heterocycles. The Morgan fingerprint density at radius 1 is 1.04 bits per heavy atom. The highest BCUT2D eigenvalue weighted by molar-refractivity contribution is 6.21. The van der Waals surface area contributed by atoms with Crippen molar-refractivity contribution in [2.24, 2.45) is 0 Å². The minimum absolute atomic E-state index is 0.0399. The number of fused-ring (bicyclic) bond motifs is 2. The molecule has 2 aromatic heterocycles. The van der Waals surface area contributed by atoms with Crippen molar-refractivity contribution in [2.75, 3.05) is 0 Å². The SMILES string of the molecule is O=C(ON1C(=O)c2ccccc2C1=O)c1ccn2c(=O)[nH]nc2c1. The van der Waals surface area contributed by atoms with Crippen LogP contribution in [0.3, 0.4) is 0 Å². The molecule has 2 amide bonds. The third kappa shape index (κ3) is 1.92. The molecule has 1 N–H and O–H groups in total. The smallest absolute Gasteiger partial charge is 0.324 e. The molecule has 0 fully saturated rings. The molecule has 0 aliphatic carbocycles. The number of aromatic nitrogens is 3. The average molecular weight is 324 g/mol. The van der Waals surface area contributed by atoms with E-state index in [1.807, 2.05) is 0 Å². The number of pyridine rings is 1. The molecular formula is C15H8N4O5. The van der Waals surface area contributed by atoms with Crippen LogP contribution in [0.1, 0.15) is 31.1 Å². The highest BCUT2D eigenvalue weighted by Crippen LogP contribution is 2.23. The Labute approximate surface area is 133 Å². The van der Waals surface area contributed by atoms with Crippen molar-refractivity contribution in [1.29, 1.82) is 0 Å². The van der Waals surface area contributed by atoms with E-state index in [4.69, 9.17) is 4.84 Å². The number of nitrogens with one attached hydrogen (secondary N) is 1. The van der Waals surface area contributed by atoms with E-state index in [-0.39, 0.29) is 22.3 Å². The molecule has 4 rings (SSSR count). The lowest BCUT2D eigenvalue weighted by atomic mass is 10.1. The van der Waals surface area contributed by atoms with Crippen molar-refractivity contribution in [3.8, 4) is 0 Å². The van der Waals surface area contributed by atoms with Crippen molar-refractivity contribution < 1.29 is 19.2 Å². The largest absolute Gasteiger partial charge is 0.364 e. The fourth-order valence-electron chi connectivity index (χ4n) is 2.42. The number of amides is 2. The van der Waals surface area contributed by atoms with E-state index in [0.717, 1.165) is 0 Å². The van der Waals surface area contributed by atoms with Crippen molar-refractivity contribution in [2.45, 2.75) is 0 Å². The van der Waals surface area contributed by atoms with Crippen molar-refractivity contribution in [3.05, 3.63) is 69.8 Å². The second-order valence-electron chi connectivity index (χ2n) is 5.00. The monoisotopic (exact) mass is 324 g/mol. The number of aromatic amines is 1. The number of imide groups is 1. The first-order chi connectivity index (χ1) is 11.6. The van der Waals surface area contributed by atoms with Crippen molar-refractivity contribution in [3.63, 3.8) is 0 Å². The van der Waals surface area contributed by atoms with Crippen LogP contribution in [0.15, 0.2) is 47.4 Å². The normalized spacial score (nSPS) is 13.4. The Hall–Kier alpha value is -3.75. The maximum atomic E-state index is 12.2. The minimum Gasteiger partial charge on any atom is -0.324 e. The molecule has 1 aromatic carbocycles. The molecule has 0 atom stereocenters. The van der Waals surface area contributed by atoms with Crippen LogP contribution < -0.4 is 5.69 Å². The molecule has 118 valence electrons. The van der Waals surface area contributed by atoms with E-state index in [2.05, 4.69) is 10.2 Å². The van der Waals surface area contributed by atoms with Gasteiger partial charge in [0, 0.05) is 6.20 Å². The summed E-state index contributed by atoms with van der Waals surface area (Å²) in [7, 11) is 0. The minimum atomic E-state index is -0.914. The summed E-state index contributed by atoms with van der Waals surface area (Å²) in [4.78, 5) is 52.8. The fourth-order valence-corrected chi connectivity index (χ4v) is 2.42. The molecule has 9 nitrogen and oxygen atoms in total. The van der Waals surface area contributed by atoms with Crippen LogP contribution in [-0.2, 0) is 4.84 Å². The molecule has 0 bridgehead atoms. The number of H-pyrrole nitrogens is 1. The number of rotatable bonds is 2. The van der Waals surface area contributed by atoms with E-state index in [9.17, 15) is 19.2 Å². The number of nitrogens with zero attached hydrogens (tertiary/aromatic N) is 3. The van der Waals surface area contributed by atoms with Gasteiger partial charge < -0.3 is 4.84 Å². The lowest BCUT2D eigenvalue weighted by molar-refractivity contribution is -0.0584. The molecule has 24 heavy (non-hydrogen) atoms. The van der Waals surface area contributed by atoms with E-state index in [1.54, 1.807) is 12.1 Å². The van der Waals surface area contributed by atoms with Crippen molar-refractivity contribution in [1.82, 2.24) is 19.7 Å². The zero-order valence-electron chi connectivity index (χ0n) is 11.9. The predicted octanol–water partition coefficient (Wildman–Crippen LogP) is 0.391. The van der Waals surface area contributed by atoms with Gasteiger partial charge in [0.2, 0.25) is 0 Å². The van der Waals surface area contributed by atoms with Gasteiger partial charge in [-0.1, -0.05) is 17.2 Å². The highest BCUT2D eigenvalue weighted by atomic mass is 16.7. The van der Waals surface area contributed by atoms with E-state index in [1.165, 1.54) is 34.9 Å². The number of hydrogen-bond donors (Lipinski definition) is 1. The van der Waals surface area contributed by atoms with E-state index >= 15 is 0 Å². The van der Waals surface area contributed by atoms with E-state index < -0.39 is 23.5 Å². The van der Waals surface area contributed by atoms with Crippen LogP contribution in [0.25, 0.3) is 5.65 Å². The van der Waals surface area contributed by atoms with Gasteiger partial charge in [-0.25, -0.2) is 14.7 Å². The molecule has 0 unspecified atom stereocenters. The van der Waals surface area contributed by atoms with Crippen LogP contribution in [0.2, 0.25) is 0 Å². The summed E-state index contributed by atoms with van der Waals surface area (Å²) in [5, 5.41) is 6.38. The first kappa shape index (κ1) is 13.9. The van der Waals surface area contributed by atoms with Gasteiger partial charge in [0.1, 0.15) is 0 Å². The lowest BCUT2D eigenvalue weighted by Gasteiger charge is -2.12. The van der Waals surface area contributed by atoms with Gasteiger partial charge in [-0.15, -0.1) is 0 Å². The summed E-state index contributed by atoms with van der Waals surface area (Å²) in [6, 6.07) is 8.80. The summed E-state index contributed by atoms with van der Waals surface area (Å²) in [6.07, 6.45) is 1.33. The number of hydroxylamine groups is 2. The van der Waals surface area contributed by atoms with Gasteiger partial charge in [0.15, 0.2) is 5.65 Å². The lowest BCUT2D eigenvalue weighted by Crippen LogP contribution is -2.32. The number of carbonyl (C=O) groups excluding carboxylic acids is 3. The number of carbonyl (C=O) groups is 3. The quantitative estimate of drug-likeness (QED) is 0.682. The molecule has 1 aliphatic heterocycles. The number of benzene rings is 1. The zero-order valence-corrected chi connectivity index (χ0v) is 11.9. The summed E-state index contributed by atoms with van der Waals surface area (Å²) in [5.74, 6) is -2.33. The second kappa shape index (κ2) is 4.88. The summed E-state index contributed by atoms with van der Waals surface area (Å²) in [6.45, 7) is 0. The molecule has 3 aromatic rings. The Morgan fingerprint density at radius 2 is 1.71 bits per heavy atom. The Morgan fingerprint density at radius 3 is 2.38 bits per heavy atom. The van der Waals surface area contributed by atoms with Crippen LogP contribution in [-0.4, -0.2) is 37.4 Å². The van der Waals surface area contributed by atoms with Gasteiger partial charge in [0.25, 0.3) is 11.8 Å². The standard InChI is InChI=1S/C15H8N4O5/c20-12-9-3-1-2-4-10(9)13(21)19(12)24-14(22)8-5-6-18-11(7-8)16-17-15(18)23/h1-7H,(H,17,23). The van der Waals surface area contributed by atoms with Gasteiger partial charge >= 0.3 is 11.7 Å². The van der Waals surface area contributed by atoms with Crippen LogP contribution >= 0.6 is 0 Å². The fraction of sp³-hybridized carbons (Fsp3) is 0. The third-order valence-electron chi connectivity index (χ3n) is 3.59. The van der Waals surface area contributed by atoms with Gasteiger partial charge in [0.05, 0.1) is 16.7 Å². The maximum absolute atomic E-state index is 12.2. The molecule has 3 heterocycles. The predicted molar refractivity (Wildman–Crippen MR) is 78.2 cm³/mol. The molecule has 0 saturated carbocycles. The average Bonchev–Trinajstić information content (AvgIpc) is 3.08. The second-order valence-corrected chi connectivity index (χ2v) is 5.00. The van der Waals surface area contributed by atoms with Gasteiger partial charge in [-0.3, -0.25) is 14.0 Å². The summed E-state index contributed by atoms with van der Waals surface area (Å²) in [5.41, 5.74) is 0.134. The zero-order chi connectivity index (χ0) is 16.8. The van der Waals surface area contributed by atoms with Crippen LogP contribution in [0, 0.1) is 0 Å². The van der Waals surface area contributed by atoms with Gasteiger partial charge in [-0.05, 0) is 24.3 Å². The molecule has 1 aliphatic rings. The number of hydrogen-bond acceptors (Lipinski definition) is 6. The highest BCUT2D eigenvalue weighted by Gasteiger charge is 2.38. The molecule has 0 radical (unpaired) electrons. The Balaban J connectivity index is 1.63. The van der Waals surface area contributed by atoms with Gasteiger partial charge in [-0.2, -0.15) is 5.10 Å². The van der Waals surface area contributed by atoms with E-state index in [0.29, 0.717) is 5.06 Å². The summed E-state index contributed by atoms with van der Waals surface area (Å²) < 4.78 is 1.19. The first-order valence-corrected chi connectivity index (χ1v) is 6.83. The molecule has 0 spiro atoms.